The first-order valence-electron chi connectivity index (χ1n) is 6.59. The molecule has 0 aliphatic rings. The van der Waals surface area contributed by atoms with Crippen LogP contribution in [0.2, 0.25) is 0 Å². The van der Waals surface area contributed by atoms with E-state index in [0.29, 0.717) is 19.8 Å². The van der Waals surface area contributed by atoms with Crippen LogP contribution in [-0.4, -0.2) is 43.3 Å². The molecule has 4 nitrogen and oxygen atoms in total. The molecule has 0 aliphatic heterocycles. The fourth-order valence-electron chi connectivity index (χ4n) is 1.75. The molecule has 0 radical (unpaired) electrons. The Bertz CT molecular complexity index is 418. The van der Waals surface area contributed by atoms with Gasteiger partial charge in [-0.1, -0.05) is 12.1 Å². The molecule has 106 valence electrons. The lowest BCUT2D eigenvalue weighted by molar-refractivity contribution is 0.0870. The molecule has 1 atom stereocenters. The van der Waals surface area contributed by atoms with Gasteiger partial charge in [-0.2, -0.15) is 0 Å². The molecule has 0 spiro atoms. The summed E-state index contributed by atoms with van der Waals surface area (Å²) in [6.45, 7) is 7.33. The number of Topliss-reactive ketones (excluding diaryl/α,β-unsaturated/α-hetero) is 1. The first kappa shape index (κ1) is 15.8. The molecule has 2 N–H and O–H groups in total. The van der Waals surface area contributed by atoms with Crippen molar-refractivity contribution in [3.8, 4) is 0 Å². The molecule has 0 heterocycles. The Hall–Kier alpha value is -1.23. The molecule has 0 aromatic heterocycles. The summed E-state index contributed by atoms with van der Waals surface area (Å²) in [7, 11) is 0. The maximum absolute atomic E-state index is 12.2. The topological polar surface area (TPSA) is 58.6 Å². The Balaban J connectivity index is 2.45. The number of carbonyl (C=O) groups is 1. The highest BCUT2D eigenvalue weighted by Gasteiger charge is 2.14. The van der Waals surface area contributed by atoms with E-state index >= 15 is 0 Å². The highest BCUT2D eigenvalue weighted by Crippen LogP contribution is 2.11. The normalized spacial score (nSPS) is 12.4. The van der Waals surface area contributed by atoms with Crippen LogP contribution in [0.25, 0.3) is 0 Å². The van der Waals surface area contributed by atoms with Crippen molar-refractivity contribution in [2.45, 2.75) is 26.8 Å². The van der Waals surface area contributed by atoms with Gasteiger partial charge in [0.05, 0.1) is 25.9 Å². The minimum absolute atomic E-state index is 0.0249. The Labute approximate surface area is 114 Å². The number of hydrogen-bond donors (Lipinski definition) is 2. The lowest BCUT2D eigenvalue weighted by atomic mass is 10.0. The van der Waals surface area contributed by atoms with Crippen molar-refractivity contribution >= 4 is 5.78 Å². The molecule has 0 bridgehead atoms. The van der Waals surface area contributed by atoms with Crippen LogP contribution in [0.1, 0.15) is 28.4 Å². The predicted octanol–water partition coefficient (Wildman–Crippen LogP) is 1.47. The van der Waals surface area contributed by atoms with Crippen molar-refractivity contribution in [3.05, 3.63) is 34.9 Å². The summed E-state index contributed by atoms with van der Waals surface area (Å²) in [5.74, 6) is 0.0882. The van der Waals surface area contributed by atoms with Crippen molar-refractivity contribution in [2.24, 2.45) is 0 Å². The lowest BCUT2D eigenvalue weighted by Crippen LogP contribution is -2.36. The van der Waals surface area contributed by atoms with Gasteiger partial charge in [-0.25, -0.2) is 0 Å². The third kappa shape index (κ3) is 5.11. The molecular formula is C15H23NO3. The smallest absolute Gasteiger partial charge is 0.179 e. The maximum atomic E-state index is 12.2. The van der Waals surface area contributed by atoms with Gasteiger partial charge in [0.2, 0.25) is 0 Å². The number of carbonyl (C=O) groups excluding carboxylic acids is 1. The van der Waals surface area contributed by atoms with Crippen molar-refractivity contribution < 1.29 is 14.6 Å². The van der Waals surface area contributed by atoms with Crippen molar-refractivity contribution in [2.75, 3.05) is 26.4 Å². The second kappa shape index (κ2) is 8.04. The Kier molecular flexibility index (Phi) is 6.70. The van der Waals surface area contributed by atoms with E-state index in [-0.39, 0.29) is 18.4 Å². The maximum Gasteiger partial charge on any atom is 0.179 e. The number of nitrogens with one attached hydrogen (secondary N) is 1. The summed E-state index contributed by atoms with van der Waals surface area (Å²) in [5.41, 5.74) is 3.05. The van der Waals surface area contributed by atoms with Gasteiger partial charge in [0, 0.05) is 12.1 Å². The van der Waals surface area contributed by atoms with E-state index in [4.69, 9.17) is 9.84 Å². The molecule has 0 saturated carbocycles. The van der Waals surface area contributed by atoms with E-state index in [0.717, 1.165) is 11.1 Å². The molecule has 4 heteroatoms. The molecule has 0 saturated heterocycles. The van der Waals surface area contributed by atoms with Crippen LogP contribution in [0.4, 0.5) is 0 Å². The van der Waals surface area contributed by atoms with E-state index in [1.54, 1.807) is 0 Å². The summed E-state index contributed by atoms with van der Waals surface area (Å²) >= 11 is 0. The van der Waals surface area contributed by atoms with Gasteiger partial charge in [0.1, 0.15) is 0 Å². The fourth-order valence-corrected chi connectivity index (χ4v) is 1.75. The second-order valence-corrected chi connectivity index (χ2v) is 4.68. The Morgan fingerprint density at radius 2 is 2.05 bits per heavy atom. The Morgan fingerprint density at radius 3 is 2.68 bits per heavy atom. The number of ether oxygens (including phenoxy) is 1. The zero-order chi connectivity index (χ0) is 14.3. The molecule has 0 aliphatic carbocycles. The number of hydrogen-bond acceptors (Lipinski definition) is 4. The van der Waals surface area contributed by atoms with Crippen LogP contribution in [0.5, 0.6) is 0 Å². The van der Waals surface area contributed by atoms with Gasteiger partial charge >= 0.3 is 0 Å². The fraction of sp³-hybridized carbons (Fsp3) is 0.533. The zero-order valence-electron chi connectivity index (χ0n) is 11.9. The molecule has 1 rings (SSSR count). The van der Waals surface area contributed by atoms with E-state index < -0.39 is 0 Å². The zero-order valence-corrected chi connectivity index (χ0v) is 11.9. The molecule has 1 aromatic rings. The van der Waals surface area contributed by atoms with E-state index in [2.05, 4.69) is 5.32 Å². The van der Waals surface area contributed by atoms with Crippen molar-refractivity contribution in [1.29, 1.82) is 0 Å². The van der Waals surface area contributed by atoms with E-state index in [1.807, 2.05) is 39.0 Å². The number of aliphatic hydroxyl groups excluding tert-OH is 1. The average Bonchev–Trinajstić information content (AvgIpc) is 2.40. The predicted molar refractivity (Wildman–Crippen MR) is 75.6 cm³/mol. The standard InChI is InChI=1S/C15H23NO3/c1-11-4-5-14(10-12(11)2)15(18)13(3)16-6-8-19-9-7-17/h4-5,10,13,16-17H,6-9H2,1-3H3. The molecule has 1 aromatic carbocycles. The summed E-state index contributed by atoms with van der Waals surface area (Å²) < 4.78 is 5.13. The number of ketones is 1. The molecule has 19 heavy (non-hydrogen) atoms. The second-order valence-electron chi connectivity index (χ2n) is 4.68. The number of aryl methyl sites for hydroxylation is 2. The summed E-state index contributed by atoms with van der Waals surface area (Å²) in [6.07, 6.45) is 0. The SMILES string of the molecule is Cc1ccc(C(=O)C(C)NCCOCCO)cc1C. The third-order valence-corrected chi connectivity index (χ3v) is 3.12. The largest absolute Gasteiger partial charge is 0.394 e. The van der Waals surface area contributed by atoms with Gasteiger partial charge in [0.15, 0.2) is 5.78 Å². The summed E-state index contributed by atoms with van der Waals surface area (Å²) in [5, 5.41) is 11.7. The van der Waals surface area contributed by atoms with Crippen LogP contribution in [-0.2, 0) is 4.74 Å². The number of aliphatic hydroxyl groups is 1. The van der Waals surface area contributed by atoms with Crippen LogP contribution in [0, 0.1) is 13.8 Å². The molecule has 0 amide bonds. The van der Waals surface area contributed by atoms with Gasteiger partial charge in [-0.15, -0.1) is 0 Å². The summed E-state index contributed by atoms with van der Waals surface area (Å²) in [4.78, 5) is 12.2. The van der Waals surface area contributed by atoms with Crippen LogP contribution in [0.15, 0.2) is 18.2 Å². The minimum Gasteiger partial charge on any atom is -0.394 e. The number of rotatable bonds is 8. The highest BCUT2D eigenvalue weighted by atomic mass is 16.5. The van der Waals surface area contributed by atoms with E-state index in [1.165, 1.54) is 5.56 Å². The first-order chi connectivity index (χ1) is 9.06. The molecular weight excluding hydrogens is 242 g/mol. The van der Waals surface area contributed by atoms with Crippen molar-refractivity contribution in [1.82, 2.24) is 5.32 Å². The minimum atomic E-state index is -0.236. The van der Waals surface area contributed by atoms with Gasteiger partial charge in [-0.05, 0) is 38.0 Å². The monoisotopic (exact) mass is 265 g/mol. The highest BCUT2D eigenvalue weighted by molar-refractivity contribution is 6.00. The van der Waals surface area contributed by atoms with Crippen LogP contribution >= 0.6 is 0 Å². The Morgan fingerprint density at radius 1 is 1.32 bits per heavy atom. The summed E-state index contributed by atoms with van der Waals surface area (Å²) in [6, 6.07) is 5.53. The van der Waals surface area contributed by atoms with Crippen molar-refractivity contribution in [3.63, 3.8) is 0 Å². The number of benzene rings is 1. The quantitative estimate of drug-likeness (QED) is 0.552. The first-order valence-corrected chi connectivity index (χ1v) is 6.59. The van der Waals surface area contributed by atoms with Gasteiger partial charge in [-0.3, -0.25) is 4.79 Å². The van der Waals surface area contributed by atoms with Crippen LogP contribution in [0.3, 0.4) is 0 Å². The lowest BCUT2D eigenvalue weighted by Gasteiger charge is -2.13. The molecule has 1 unspecified atom stereocenters. The van der Waals surface area contributed by atoms with Gasteiger partial charge < -0.3 is 15.2 Å². The van der Waals surface area contributed by atoms with Gasteiger partial charge in [0.25, 0.3) is 0 Å². The molecule has 0 fully saturated rings. The van der Waals surface area contributed by atoms with E-state index in [9.17, 15) is 4.79 Å². The van der Waals surface area contributed by atoms with Crippen LogP contribution < -0.4 is 5.32 Å². The average molecular weight is 265 g/mol. The third-order valence-electron chi connectivity index (χ3n) is 3.12.